The van der Waals surface area contributed by atoms with E-state index in [1.165, 1.54) is 23.1 Å². The third kappa shape index (κ3) is 2.09. The average Bonchev–Trinajstić information content (AvgIpc) is 3.15. The fourth-order valence-corrected chi connectivity index (χ4v) is 4.58. The maximum absolute atomic E-state index is 13.9. The summed E-state index contributed by atoms with van der Waals surface area (Å²) in [6.45, 7) is 2.46. The summed E-state index contributed by atoms with van der Waals surface area (Å²) in [5, 5.41) is 5.86. The Hall–Kier alpha value is -2.32. The van der Waals surface area contributed by atoms with E-state index >= 15 is 0 Å². The molecule has 2 saturated heterocycles. The molecule has 4 atom stereocenters. The normalized spacial score (nSPS) is 32.3. The number of halogens is 1. The third-order valence-electron chi connectivity index (χ3n) is 5.65. The fourth-order valence-electron chi connectivity index (χ4n) is 4.58. The summed E-state index contributed by atoms with van der Waals surface area (Å²) < 4.78 is 18.9. The predicted molar refractivity (Wildman–Crippen MR) is 89.5 cm³/mol. The molecule has 2 fully saturated rings. The number of fused-ring (bicyclic) bond motifs is 4. The topological polar surface area (TPSA) is 87.7 Å². The molecular weight excluding hydrogens is 341 g/mol. The molecule has 1 aromatic rings. The molecule has 138 valence electrons. The molecule has 7 nitrogen and oxygen atoms in total. The van der Waals surface area contributed by atoms with E-state index in [4.69, 9.17) is 4.74 Å². The Balaban J connectivity index is 1.77. The molecule has 0 radical (unpaired) electrons. The van der Waals surface area contributed by atoms with Crippen molar-refractivity contribution < 1.29 is 23.5 Å². The van der Waals surface area contributed by atoms with E-state index in [2.05, 4.69) is 10.6 Å². The first-order valence-electron chi connectivity index (χ1n) is 8.65. The van der Waals surface area contributed by atoms with Gasteiger partial charge in [0.1, 0.15) is 11.4 Å². The first kappa shape index (κ1) is 17.1. The van der Waals surface area contributed by atoms with E-state index in [0.29, 0.717) is 24.3 Å². The highest BCUT2D eigenvalue weighted by Crippen LogP contribution is 2.52. The summed E-state index contributed by atoms with van der Waals surface area (Å²) in [5.74, 6) is -3.12. The SMILES string of the molecule is COCCCN1C(=O)C2C(C)NC3(C(=O)Nc4ccc(F)cc43)C2C1=O. The van der Waals surface area contributed by atoms with E-state index < -0.39 is 29.1 Å². The smallest absolute Gasteiger partial charge is 0.250 e. The highest BCUT2D eigenvalue weighted by atomic mass is 19.1. The number of nitrogens with one attached hydrogen (secondary N) is 2. The van der Waals surface area contributed by atoms with Crippen molar-refractivity contribution in [3.63, 3.8) is 0 Å². The quantitative estimate of drug-likeness (QED) is 0.606. The van der Waals surface area contributed by atoms with Crippen molar-refractivity contribution in [1.82, 2.24) is 10.2 Å². The van der Waals surface area contributed by atoms with Crippen LogP contribution >= 0.6 is 0 Å². The second kappa shape index (κ2) is 5.85. The fraction of sp³-hybridized carbons (Fsp3) is 0.500. The molecule has 0 saturated carbocycles. The molecule has 26 heavy (non-hydrogen) atoms. The molecule has 1 spiro atoms. The summed E-state index contributed by atoms with van der Waals surface area (Å²) in [5.41, 5.74) is -0.554. The number of ether oxygens (including phenoxy) is 1. The minimum absolute atomic E-state index is 0.249. The lowest BCUT2D eigenvalue weighted by Crippen LogP contribution is -2.53. The summed E-state index contributed by atoms with van der Waals surface area (Å²) in [4.78, 5) is 40.0. The van der Waals surface area contributed by atoms with Crippen molar-refractivity contribution in [2.75, 3.05) is 25.6 Å². The lowest BCUT2D eigenvalue weighted by molar-refractivity contribution is -0.143. The number of carbonyl (C=O) groups excluding carboxylic acids is 3. The number of nitrogens with zero attached hydrogens (tertiary/aromatic N) is 1. The van der Waals surface area contributed by atoms with Gasteiger partial charge < -0.3 is 10.1 Å². The molecule has 0 bridgehead atoms. The number of hydrogen-bond acceptors (Lipinski definition) is 5. The Morgan fingerprint density at radius 1 is 1.27 bits per heavy atom. The maximum Gasteiger partial charge on any atom is 0.250 e. The molecule has 3 heterocycles. The van der Waals surface area contributed by atoms with Crippen LogP contribution < -0.4 is 10.6 Å². The predicted octanol–water partition coefficient (Wildman–Crippen LogP) is 0.603. The molecule has 4 rings (SSSR count). The number of methoxy groups -OCH3 is 1. The average molecular weight is 361 g/mol. The van der Waals surface area contributed by atoms with Crippen molar-refractivity contribution in [2.24, 2.45) is 11.8 Å². The van der Waals surface area contributed by atoms with E-state index in [1.807, 2.05) is 0 Å². The standard InChI is InChI=1S/C18H20FN3O4/c1-9-13-14(16(24)22(15(13)23)6-3-7-26-2)18(21-9)11-8-10(19)4-5-12(11)20-17(18)25/h4-5,8-9,13-14,21H,3,6-7H2,1-2H3,(H,20,25). The zero-order valence-electron chi connectivity index (χ0n) is 14.5. The number of likely N-dealkylation sites (tertiary alicyclic amines) is 1. The molecule has 2 N–H and O–H groups in total. The van der Waals surface area contributed by atoms with Crippen LogP contribution in [0.4, 0.5) is 10.1 Å². The largest absolute Gasteiger partial charge is 0.385 e. The third-order valence-corrected chi connectivity index (χ3v) is 5.65. The lowest BCUT2D eigenvalue weighted by Gasteiger charge is -2.29. The second-order valence-corrected chi connectivity index (χ2v) is 7.06. The highest BCUT2D eigenvalue weighted by molar-refractivity contribution is 6.15. The van der Waals surface area contributed by atoms with Gasteiger partial charge in [-0.2, -0.15) is 0 Å². The molecular formula is C18H20FN3O4. The Labute approximate surface area is 149 Å². The van der Waals surface area contributed by atoms with Crippen molar-refractivity contribution in [3.8, 4) is 0 Å². The van der Waals surface area contributed by atoms with E-state index in [9.17, 15) is 18.8 Å². The van der Waals surface area contributed by atoms with Crippen molar-refractivity contribution >= 4 is 23.4 Å². The van der Waals surface area contributed by atoms with Crippen LogP contribution in [0.25, 0.3) is 0 Å². The Bertz CT molecular complexity index is 814. The summed E-state index contributed by atoms with van der Waals surface area (Å²) in [6.07, 6.45) is 0.527. The summed E-state index contributed by atoms with van der Waals surface area (Å²) in [6, 6.07) is 3.62. The molecule has 8 heteroatoms. The maximum atomic E-state index is 13.9. The van der Waals surface area contributed by atoms with Crippen LogP contribution in [0, 0.1) is 17.7 Å². The van der Waals surface area contributed by atoms with Gasteiger partial charge in [-0.1, -0.05) is 0 Å². The van der Waals surface area contributed by atoms with Gasteiger partial charge in [0.05, 0.1) is 11.8 Å². The van der Waals surface area contributed by atoms with Gasteiger partial charge in [0.2, 0.25) is 17.7 Å². The molecule has 4 unspecified atom stereocenters. The van der Waals surface area contributed by atoms with Gasteiger partial charge >= 0.3 is 0 Å². The van der Waals surface area contributed by atoms with Crippen molar-refractivity contribution in [1.29, 1.82) is 0 Å². The second-order valence-electron chi connectivity index (χ2n) is 7.06. The molecule has 3 aliphatic rings. The molecule has 1 aromatic carbocycles. The van der Waals surface area contributed by atoms with E-state index in [-0.39, 0.29) is 24.4 Å². The summed E-state index contributed by atoms with van der Waals surface area (Å²) >= 11 is 0. The monoisotopic (exact) mass is 361 g/mol. The van der Waals surface area contributed by atoms with Crippen LogP contribution in [0.5, 0.6) is 0 Å². The molecule has 0 aliphatic carbocycles. The van der Waals surface area contributed by atoms with Crippen molar-refractivity contribution in [2.45, 2.75) is 24.9 Å². The van der Waals surface area contributed by atoms with Gasteiger partial charge in [-0.05, 0) is 31.5 Å². The minimum atomic E-state index is -1.41. The minimum Gasteiger partial charge on any atom is -0.385 e. The van der Waals surface area contributed by atoms with Crippen LogP contribution in [0.3, 0.4) is 0 Å². The zero-order chi connectivity index (χ0) is 18.6. The number of carbonyl (C=O) groups is 3. The Morgan fingerprint density at radius 3 is 2.77 bits per heavy atom. The van der Waals surface area contributed by atoms with E-state index in [0.717, 1.165) is 0 Å². The number of benzene rings is 1. The first-order chi connectivity index (χ1) is 12.4. The highest BCUT2D eigenvalue weighted by Gasteiger charge is 2.69. The summed E-state index contributed by atoms with van der Waals surface area (Å²) in [7, 11) is 1.55. The van der Waals surface area contributed by atoms with Gasteiger partial charge in [0.15, 0.2) is 0 Å². The van der Waals surface area contributed by atoms with Crippen LogP contribution in [0.15, 0.2) is 18.2 Å². The molecule has 3 aliphatic heterocycles. The number of amides is 3. The molecule has 3 amide bonds. The van der Waals surface area contributed by atoms with Crippen LogP contribution in [0.1, 0.15) is 18.9 Å². The number of anilines is 1. The molecule has 0 aromatic heterocycles. The Kier molecular flexibility index (Phi) is 3.85. The van der Waals surface area contributed by atoms with Crippen molar-refractivity contribution in [3.05, 3.63) is 29.6 Å². The lowest BCUT2D eigenvalue weighted by atomic mass is 9.76. The van der Waals surface area contributed by atoms with E-state index in [1.54, 1.807) is 14.0 Å². The number of imide groups is 1. The van der Waals surface area contributed by atoms with Gasteiger partial charge in [0.25, 0.3) is 0 Å². The van der Waals surface area contributed by atoms with Gasteiger partial charge in [-0.15, -0.1) is 0 Å². The Morgan fingerprint density at radius 2 is 2.04 bits per heavy atom. The van der Waals surface area contributed by atoms with Crippen LogP contribution in [0.2, 0.25) is 0 Å². The first-order valence-corrected chi connectivity index (χ1v) is 8.65. The van der Waals surface area contributed by atoms with Crippen LogP contribution in [-0.2, 0) is 24.7 Å². The van der Waals surface area contributed by atoms with Crippen LogP contribution in [-0.4, -0.2) is 48.9 Å². The zero-order valence-corrected chi connectivity index (χ0v) is 14.5. The number of rotatable bonds is 4. The number of hydrogen-bond donors (Lipinski definition) is 2. The van der Waals surface area contributed by atoms with Gasteiger partial charge in [0, 0.05) is 37.6 Å². The van der Waals surface area contributed by atoms with Gasteiger partial charge in [-0.3, -0.25) is 24.6 Å². The van der Waals surface area contributed by atoms with Gasteiger partial charge in [-0.25, -0.2) is 4.39 Å².